The summed E-state index contributed by atoms with van der Waals surface area (Å²) in [5, 5.41) is 21.4. The SMILES string of the molecule is Cc1ccc(-c2csc(NC(=O)C3=NN(c4ccccc4)C(=O)CC3)n2)cc1[N+](=O)[O-]. The van der Waals surface area contributed by atoms with Crippen molar-refractivity contribution < 1.29 is 14.5 Å². The van der Waals surface area contributed by atoms with Crippen LogP contribution in [0.2, 0.25) is 0 Å². The van der Waals surface area contributed by atoms with Crippen molar-refractivity contribution in [2.24, 2.45) is 5.10 Å². The van der Waals surface area contributed by atoms with Gasteiger partial charge in [-0.05, 0) is 19.1 Å². The van der Waals surface area contributed by atoms with Crippen molar-refractivity contribution in [2.45, 2.75) is 19.8 Å². The van der Waals surface area contributed by atoms with E-state index in [1.807, 2.05) is 6.07 Å². The summed E-state index contributed by atoms with van der Waals surface area (Å²) in [5.41, 5.74) is 2.50. The molecule has 0 saturated heterocycles. The summed E-state index contributed by atoms with van der Waals surface area (Å²) in [4.78, 5) is 40.0. The van der Waals surface area contributed by atoms with E-state index in [2.05, 4.69) is 15.4 Å². The fraction of sp³-hybridized carbons (Fsp3) is 0.143. The minimum Gasteiger partial charge on any atom is -0.297 e. The van der Waals surface area contributed by atoms with E-state index in [-0.39, 0.29) is 30.1 Å². The number of carbonyl (C=O) groups is 2. The van der Waals surface area contributed by atoms with Crippen LogP contribution in [0, 0.1) is 17.0 Å². The van der Waals surface area contributed by atoms with Crippen LogP contribution in [0.1, 0.15) is 18.4 Å². The van der Waals surface area contributed by atoms with Gasteiger partial charge in [0.1, 0.15) is 5.71 Å². The van der Waals surface area contributed by atoms with Crippen molar-refractivity contribution in [3.8, 4) is 11.3 Å². The fourth-order valence-electron chi connectivity index (χ4n) is 3.09. The molecule has 1 aliphatic rings. The summed E-state index contributed by atoms with van der Waals surface area (Å²) < 4.78 is 0. The Morgan fingerprint density at radius 3 is 2.71 bits per heavy atom. The van der Waals surface area contributed by atoms with Crippen LogP contribution in [-0.4, -0.2) is 27.4 Å². The van der Waals surface area contributed by atoms with Gasteiger partial charge in [0.15, 0.2) is 5.13 Å². The summed E-state index contributed by atoms with van der Waals surface area (Å²) in [7, 11) is 0. The quantitative estimate of drug-likeness (QED) is 0.477. The molecular weight excluding hydrogens is 418 g/mol. The Bertz CT molecular complexity index is 1210. The molecule has 2 aromatic carbocycles. The van der Waals surface area contributed by atoms with Crippen LogP contribution in [0.3, 0.4) is 0 Å². The lowest BCUT2D eigenvalue weighted by molar-refractivity contribution is -0.385. The number of nitro groups is 1. The van der Waals surface area contributed by atoms with Crippen molar-refractivity contribution in [1.29, 1.82) is 0 Å². The molecule has 31 heavy (non-hydrogen) atoms. The van der Waals surface area contributed by atoms with E-state index >= 15 is 0 Å². The third kappa shape index (κ3) is 4.33. The van der Waals surface area contributed by atoms with Gasteiger partial charge in [0, 0.05) is 35.4 Å². The molecule has 0 radical (unpaired) electrons. The van der Waals surface area contributed by atoms with E-state index in [1.54, 1.807) is 48.7 Å². The van der Waals surface area contributed by atoms with E-state index < -0.39 is 10.8 Å². The molecule has 9 nitrogen and oxygen atoms in total. The maximum absolute atomic E-state index is 12.7. The number of aromatic nitrogens is 1. The van der Waals surface area contributed by atoms with Crippen molar-refractivity contribution in [3.63, 3.8) is 0 Å². The molecule has 2 amide bonds. The molecule has 3 aromatic rings. The largest absolute Gasteiger partial charge is 0.297 e. The topological polar surface area (TPSA) is 118 Å². The minimum absolute atomic E-state index is 0.0123. The Balaban J connectivity index is 1.52. The van der Waals surface area contributed by atoms with Gasteiger partial charge >= 0.3 is 0 Å². The second-order valence-electron chi connectivity index (χ2n) is 6.84. The monoisotopic (exact) mass is 435 g/mol. The predicted molar refractivity (Wildman–Crippen MR) is 118 cm³/mol. The average molecular weight is 435 g/mol. The molecule has 1 aromatic heterocycles. The molecule has 10 heteroatoms. The zero-order valence-electron chi connectivity index (χ0n) is 16.4. The zero-order chi connectivity index (χ0) is 22.0. The van der Waals surface area contributed by atoms with Crippen molar-refractivity contribution in [1.82, 2.24) is 4.98 Å². The van der Waals surface area contributed by atoms with Crippen molar-refractivity contribution in [3.05, 3.63) is 69.6 Å². The molecule has 156 valence electrons. The lowest BCUT2D eigenvalue weighted by Crippen LogP contribution is -2.36. The normalized spacial score (nSPS) is 13.6. The number of amides is 2. The van der Waals surface area contributed by atoms with E-state index in [0.717, 1.165) is 0 Å². The van der Waals surface area contributed by atoms with Gasteiger partial charge in [-0.25, -0.2) is 9.99 Å². The lowest BCUT2D eigenvalue weighted by Gasteiger charge is -2.22. The number of aryl methyl sites for hydroxylation is 1. The number of benzene rings is 2. The predicted octanol–water partition coefficient (Wildman–Crippen LogP) is 4.15. The van der Waals surface area contributed by atoms with Gasteiger partial charge in [-0.15, -0.1) is 11.3 Å². The number of rotatable bonds is 5. The summed E-state index contributed by atoms with van der Waals surface area (Å²) in [5.74, 6) is -0.621. The second-order valence-corrected chi connectivity index (χ2v) is 7.70. The van der Waals surface area contributed by atoms with Crippen LogP contribution >= 0.6 is 11.3 Å². The van der Waals surface area contributed by atoms with E-state index in [9.17, 15) is 19.7 Å². The Labute approximate surface area is 181 Å². The van der Waals surface area contributed by atoms with Gasteiger partial charge < -0.3 is 0 Å². The van der Waals surface area contributed by atoms with Crippen LogP contribution in [0.4, 0.5) is 16.5 Å². The van der Waals surface area contributed by atoms with Crippen molar-refractivity contribution in [2.75, 3.05) is 10.3 Å². The Morgan fingerprint density at radius 2 is 1.97 bits per heavy atom. The Hall–Kier alpha value is -3.92. The molecule has 1 aliphatic heterocycles. The number of anilines is 2. The molecule has 2 heterocycles. The van der Waals surface area contributed by atoms with Crippen LogP contribution in [0.25, 0.3) is 11.3 Å². The van der Waals surface area contributed by atoms with Crippen molar-refractivity contribution >= 4 is 45.4 Å². The number of thiazole rings is 1. The molecule has 0 saturated carbocycles. The molecule has 0 bridgehead atoms. The van der Waals surface area contributed by atoms with Crippen LogP contribution in [-0.2, 0) is 9.59 Å². The number of carbonyl (C=O) groups excluding carboxylic acids is 2. The third-order valence-corrected chi connectivity index (χ3v) is 5.48. The van der Waals surface area contributed by atoms with Gasteiger partial charge in [-0.1, -0.05) is 30.3 Å². The smallest absolute Gasteiger partial charge is 0.273 e. The molecule has 4 rings (SSSR count). The van der Waals surface area contributed by atoms with E-state index in [0.29, 0.717) is 27.6 Å². The van der Waals surface area contributed by atoms with Gasteiger partial charge in [0.2, 0.25) is 5.91 Å². The molecule has 0 fully saturated rings. The average Bonchev–Trinajstić information content (AvgIpc) is 3.23. The maximum atomic E-state index is 12.7. The first-order chi connectivity index (χ1) is 14.9. The summed E-state index contributed by atoms with van der Waals surface area (Å²) in [6.45, 7) is 1.67. The number of para-hydroxylation sites is 1. The highest BCUT2D eigenvalue weighted by atomic mass is 32.1. The lowest BCUT2D eigenvalue weighted by atomic mass is 10.1. The molecule has 0 aliphatic carbocycles. The summed E-state index contributed by atoms with van der Waals surface area (Å²) in [6, 6.07) is 13.8. The maximum Gasteiger partial charge on any atom is 0.273 e. The number of nitrogens with one attached hydrogen (secondary N) is 1. The fourth-order valence-corrected chi connectivity index (χ4v) is 3.80. The highest BCUT2D eigenvalue weighted by molar-refractivity contribution is 7.14. The molecular formula is C21H17N5O4S. The van der Waals surface area contributed by atoms with Crippen LogP contribution in [0.5, 0.6) is 0 Å². The van der Waals surface area contributed by atoms with E-state index in [4.69, 9.17) is 0 Å². The molecule has 0 atom stereocenters. The number of nitrogens with zero attached hydrogens (tertiary/aromatic N) is 4. The highest BCUT2D eigenvalue weighted by Gasteiger charge is 2.26. The number of nitro benzene ring substituents is 1. The van der Waals surface area contributed by atoms with Gasteiger partial charge in [0.25, 0.3) is 11.6 Å². The van der Waals surface area contributed by atoms with Gasteiger partial charge in [0.05, 0.1) is 16.3 Å². The Kier molecular flexibility index (Phi) is 5.54. The summed E-state index contributed by atoms with van der Waals surface area (Å²) in [6.07, 6.45) is 0.410. The zero-order valence-corrected chi connectivity index (χ0v) is 17.3. The molecule has 0 spiro atoms. The first-order valence-electron chi connectivity index (χ1n) is 9.40. The minimum atomic E-state index is -0.441. The molecule has 1 N–H and O–H groups in total. The highest BCUT2D eigenvalue weighted by Crippen LogP contribution is 2.29. The second kappa shape index (κ2) is 8.44. The summed E-state index contributed by atoms with van der Waals surface area (Å²) >= 11 is 1.20. The van der Waals surface area contributed by atoms with E-state index in [1.165, 1.54) is 22.4 Å². The first kappa shape index (κ1) is 20.4. The standard InChI is InChI=1S/C21H17N5O4S/c1-13-7-8-14(11-18(13)26(29)30)17-12-31-21(22-17)23-20(28)16-9-10-19(27)25(24-16)15-5-3-2-4-6-15/h2-8,11-12H,9-10H2,1H3,(H,22,23,28). The number of hydrogen-bond donors (Lipinski definition) is 1. The number of hydrazone groups is 1. The first-order valence-corrected chi connectivity index (χ1v) is 10.3. The Morgan fingerprint density at radius 1 is 1.19 bits per heavy atom. The molecule has 0 unspecified atom stereocenters. The van der Waals surface area contributed by atoms with Crippen LogP contribution < -0.4 is 10.3 Å². The van der Waals surface area contributed by atoms with Gasteiger partial charge in [-0.2, -0.15) is 5.10 Å². The van der Waals surface area contributed by atoms with Gasteiger partial charge in [-0.3, -0.25) is 25.0 Å². The van der Waals surface area contributed by atoms with Crippen LogP contribution in [0.15, 0.2) is 59.0 Å². The third-order valence-electron chi connectivity index (χ3n) is 4.72. The number of hydrogen-bond acceptors (Lipinski definition) is 7.